The number of anilines is 3. The fourth-order valence-electron chi connectivity index (χ4n) is 4.12. The fraction of sp³-hybridized carbons (Fsp3) is 0.778. The number of hydrogen-bond donors (Lipinski definition) is 1. The van der Waals surface area contributed by atoms with Gasteiger partial charge in [0.2, 0.25) is 5.95 Å². The Hall–Kier alpha value is -1.60. The molecule has 0 radical (unpaired) electrons. The monoisotopic (exact) mass is 345 g/mol. The van der Waals surface area contributed by atoms with E-state index < -0.39 is 0 Å². The Balaban J connectivity index is 1.55. The first-order chi connectivity index (χ1) is 12.3. The third-order valence-electron chi connectivity index (χ3n) is 5.65. The van der Waals surface area contributed by atoms with E-state index in [4.69, 9.17) is 15.7 Å². The zero-order valence-electron chi connectivity index (χ0n) is 15.2. The maximum Gasteiger partial charge on any atom is 0.229 e. The van der Waals surface area contributed by atoms with E-state index in [0.717, 1.165) is 83.0 Å². The van der Waals surface area contributed by atoms with Gasteiger partial charge in [-0.3, -0.25) is 4.90 Å². The van der Waals surface area contributed by atoms with E-state index in [1.807, 2.05) is 0 Å². The van der Waals surface area contributed by atoms with Crippen LogP contribution in [0.25, 0.3) is 0 Å². The van der Waals surface area contributed by atoms with Gasteiger partial charge < -0.3 is 20.4 Å². The van der Waals surface area contributed by atoms with Gasteiger partial charge in [-0.05, 0) is 25.7 Å². The first kappa shape index (κ1) is 16.8. The van der Waals surface area contributed by atoms with Crippen LogP contribution in [0.3, 0.4) is 0 Å². The molecule has 138 valence electrons. The van der Waals surface area contributed by atoms with Gasteiger partial charge in [-0.25, -0.2) is 0 Å². The Kier molecular flexibility index (Phi) is 5.22. The summed E-state index contributed by atoms with van der Waals surface area (Å²) in [5, 5.41) is 0. The number of rotatable bonds is 5. The molecule has 0 spiro atoms. The lowest BCUT2D eigenvalue weighted by Gasteiger charge is -2.35. The number of piperazine rings is 1. The number of nitrogens with two attached hydrogens (primary N) is 1. The highest BCUT2D eigenvalue weighted by Gasteiger charge is 2.24. The molecule has 0 aromatic carbocycles. The molecule has 2 N–H and O–H groups in total. The van der Waals surface area contributed by atoms with Crippen molar-refractivity contribution in [3.8, 4) is 0 Å². The summed E-state index contributed by atoms with van der Waals surface area (Å²) in [6.45, 7) is 10.4. The zero-order valence-corrected chi connectivity index (χ0v) is 15.2. The van der Waals surface area contributed by atoms with Gasteiger partial charge >= 0.3 is 0 Å². The quantitative estimate of drug-likeness (QED) is 0.845. The van der Waals surface area contributed by atoms with Crippen molar-refractivity contribution in [2.75, 3.05) is 80.1 Å². The Morgan fingerprint density at radius 3 is 1.80 bits per heavy atom. The highest BCUT2D eigenvalue weighted by molar-refractivity contribution is 5.56. The molecule has 0 unspecified atom stereocenters. The predicted octanol–water partition coefficient (Wildman–Crippen LogP) is 0.758. The molecule has 0 saturated carbocycles. The highest BCUT2D eigenvalue weighted by Crippen LogP contribution is 2.27. The highest BCUT2D eigenvalue weighted by atomic mass is 15.3. The smallest absolute Gasteiger partial charge is 0.229 e. The topological polar surface area (TPSA) is 64.8 Å². The average Bonchev–Trinajstić information content (AvgIpc) is 3.36. The molecule has 1 aromatic heterocycles. The van der Waals surface area contributed by atoms with E-state index in [1.54, 1.807) is 0 Å². The van der Waals surface area contributed by atoms with Gasteiger partial charge in [0.05, 0.1) is 0 Å². The van der Waals surface area contributed by atoms with Crippen LogP contribution in [-0.2, 0) is 0 Å². The Morgan fingerprint density at radius 2 is 1.24 bits per heavy atom. The van der Waals surface area contributed by atoms with E-state index in [2.05, 4.69) is 25.7 Å². The molecule has 3 saturated heterocycles. The molecule has 3 aliphatic rings. The maximum absolute atomic E-state index is 5.70. The molecular formula is C18H31N7. The van der Waals surface area contributed by atoms with Crippen molar-refractivity contribution in [2.24, 2.45) is 5.73 Å². The van der Waals surface area contributed by atoms with Crippen LogP contribution < -0.4 is 20.4 Å². The number of nitrogens with zero attached hydrogens (tertiary/aromatic N) is 6. The van der Waals surface area contributed by atoms with Gasteiger partial charge in [0.1, 0.15) is 11.6 Å². The fourth-order valence-corrected chi connectivity index (χ4v) is 4.12. The van der Waals surface area contributed by atoms with Crippen LogP contribution >= 0.6 is 0 Å². The van der Waals surface area contributed by atoms with E-state index in [-0.39, 0.29) is 0 Å². The van der Waals surface area contributed by atoms with Crippen molar-refractivity contribution < 1.29 is 0 Å². The molecule has 3 aliphatic heterocycles. The second-order valence-corrected chi connectivity index (χ2v) is 7.39. The van der Waals surface area contributed by atoms with Crippen LogP contribution in [0.5, 0.6) is 0 Å². The van der Waals surface area contributed by atoms with Crippen LogP contribution in [-0.4, -0.2) is 80.3 Å². The first-order valence-electron chi connectivity index (χ1n) is 9.90. The van der Waals surface area contributed by atoms with Gasteiger partial charge in [0.15, 0.2) is 0 Å². The molecule has 25 heavy (non-hydrogen) atoms. The van der Waals surface area contributed by atoms with Gasteiger partial charge in [-0.1, -0.05) is 0 Å². The largest absolute Gasteiger partial charge is 0.356 e. The molecule has 3 fully saturated rings. The minimum absolute atomic E-state index is 0.742. The summed E-state index contributed by atoms with van der Waals surface area (Å²) in [7, 11) is 0. The number of aromatic nitrogens is 2. The van der Waals surface area contributed by atoms with Crippen LogP contribution in [0.1, 0.15) is 25.7 Å². The minimum Gasteiger partial charge on any atom is -0.356 e. The molecule has 0 aliphatic carbocycles. The molecule has 4 heterocycles. The lowest BCUT2D eigenvalue weighted by molar-refractivity contribution is 0.264. The summed E-state index contributed by atoms with van der Waals surface area (Å²) in [5.41, 5.74) is 5.70. The van der Waals surface area contributed by atoms with Crippen LogP contribution in [0.15, 0.2) is 6.07 Å². The summed E-state index contributed by atoms with van der Waals surface area (Å²) in [6.07, 6.45) is 5.06. The molecule has 7 nitrogen and oxygen atoms in total. The molecule has 1 aromatic rings. The SMILES string of the molecule is NCCN1CCN(c2cc(N3CCCC3)nc(N3CCCC3)n2)CC1. The third-order valence-corrected chi connectivity index (χ3v) is 5.65. The van der Waals surface area contributed by atoms with E-state index in [0.29, 0.717) is 0 Å². The lowest BCUT2D eigenvalue weighted by Crippen LogP contribution is -2.48. The number of hydrogen-bond acceptors (Lipinski definition) is 7. The summed E-state index contributed by atoms with van der Waals surface area (Å²) in [6, 6.07) is 2.21. The van der Waals surface area contributed by atoms with Crippen molar-refractivity contribution in [3.05, 3.63) is 6.07 Å². The third kappa shape index (κ3) is 3.82. The van der Waals surface area contributed by atoms with Crippen molar-refractivity contribution in [1.82, 2.24) is 14.9 Å². The van der Waals surface area contributed by atoms with Crippen molar-refractivity contribution in [3.63, 3.8) is 0 Å². The molecule has 4 rings (SSSR count). The van der Waals surface area contributed by atoms with E-state index in [9.17, 15) is 0 Å². The van der Waals surface area contributed by atoms with Crippen LogP contribution in [0.4, 0.5) is 17.6 Å². The lowest BCUT2D eigenvalue weighted by atomic mass is 10.3. The average molecular weight is 345 g/mol. The summed E-state index contributed by atoms with van der Waals surface area (Å²) in [5.74, 6) is 3.15. The second-order valence-electron chi connectivity index (χ2n) is 7.39. The Morgan fingerprint density at radius 1 is 0.720 bits per heavy atom. The maximum atomic E-state index is 5.70. The molecule has 0 amide bonds. The normalized spacial score (nSPS) is 22.2. The van der Waals surface area contributed by atoms with Gasteiger partial charge in [0, 0.05) is 71.5 Å². The van der Waals surface area contributed by atoms with Gasteiger partial charge in [0.25, 0.3) is 0 Å². The standard InChI is InChI=1S/C18H31N7/c19-5-10-22-11-13-24(14-12-22)17-15-16(23-6-1-2-7-23)20-18(21-17)25-8-3-4-9-25/h15H,1-14,19H2. The van der Waals surface area contributed by atoms with Gasteiger partial charge in [-0.15, -0.1) is 0 Å². The summed E-state index contributed by atoms with van der Waals surface area (Å²) in [4.78, 5) is 19.5. The molecule has 0 bridgehead atoms. The van der Waals surface area contributed by atoms with Crippen LogP contribution in [0, 0.1) is 0 Å². The molecule has 0 atom stereocenters. The zero-order chi connectivity index (χ0) is 17.1. The van der Waals surface area contributed by atoms with Crippen molar-refractivity contribution >= 4 is 17.6 Å². The second kappa shape index (κ2) is 7.74. The van der Waals surface area contributed by atoms with Crippen molar-refractivity contribution in [1.29, 1.82) is 0 Å². The summed E-state index contributed by atoms with van der Waals surface area (Å²) < 4.78 is 0. The Labute approximate surface area is 150 Å². The summed E-state index contributed by atoms with van der Waals surface area (Å²) >= 11 is 0. The van der Waals surface area contributed by atoms with Gasteiger partial charge in [-0.2, -0.15) is 9.97 Å². The van der Waals surface area contributed by atoms with Crippen molar-refractivity contribution in [2.45, 2.75) is 25.7 Å². The van der Waals surface area contributed by atoms with E-state index >= 15 is 0 Å². The Bertz CT molecular complexity index is 524. The molecule has 7 heteroatoms. The first-order valence-corrected chi connectivity index (χ1v) is 9.90. The predicted molar refractivity (Wildman–Crippen MR) is 103 cm³/mol. The molecular weight excluding hydrogens is 314 g/mol. The van der Waals surface area contributed by atoms with Crippen LogP contribution in [0.2, 0.25) is 0 Å². The van der Waals surface area contributed by atoms with E-state index in [1.165, 1.54) is 25.7 Å². The minimum atomic E-state index is 0.742.